The maximum absolute atomic E-state index is 12.3. The minimum atomic E-state index is -0.443. The van der Waals surface area contributed by atoms with E-state index < -0.39 is 11.2 Å². The highest BCUT2D eigenvalue weighted by atomic mass is 16.2. The Hall–Kier alpha value is -1.65. The zero-order chi connectivity index (χ0) is 13.8. The monoisotopic (exact) mass is 264 g/mol. The lowest BCUT2D eigenvalue weighted by Crippen LogP contribution is -2.40. The highest BCUT2D eigenvalue weighted by molar-refractivity contribution is 5.93. The van der Waals surface area contributed by atoms with Crippen LogP contribution in [0.2, 0.25) is 0 Å². The van der Waals surface area contributed by atoms with Crippen LogP contribution in [-0.4, -0.2) is 15.3 Å². The highest BCUT2D eigenvalue weighted by Crippen LogP contribution is 2.24. The molecule has 0 amide bonds. The molecule has 5 heteroatoms. The zero-order valence-electron chi connectivity index (χ0n) is 11.3. The second-order valence-corrected chi connectivity index (χ2v) is 5.24. The van der Waals surface area contributed by atoms with Crippen LogP contribution in [0.25, 0.3) is 0 Å². The fourth-order valence-corrected chi connectivity index (χ4v) is 2.76. The third-order valence-electron chi connectivity index (χ3n) is 3.83. The minimum absolute atomic E-state index is 0.0710. The van der Waals surface area contributed by atoms with Crippen LogP contribution >= 0.6 is 0 Å². The standard InChI is InChI=1S/C14H20N2O3/c1-10(17)12-9-15-14(19)16(13(12)18)11-7-5-3-2-4-6-8-11/h9,11H,2-8H2,1H3,(H,15,19). The average molecular weight is 264 g/mol. The second kappa shape index (κ2) is 5.99. The van der Waals surface area contributed by atoms with Crippen LogP contribution in [0.4, 0.5) is 0 Å². The molecule has 1 N–H and O–H groups in total. The minimum Gasteiger partial charge on any atom is -0.313 e. The Bertz CT molecular complexity index is 563. The van der Waals surface area contributed by atoms with Gasteiger partial charge in [-0.25, -0.2) is 4.79 Å². The Balaban J connectivity index is 2.42. The molecular weight excluding hydrogens is 244 g/mol. The molecule has 2 rings (SSSR count). The van der Waals surface area contributed by atoms with Gasteiger partial charge in [-0.3, -0.25) is 14.2 Å². The molecule has 1 saturated carbocycles. The normalized spacial score (nSPS) is 17.7. The van der Waals surface area contributed by atoms with Gasteiger partial charge < -0.3 is 4.98 Å². The van der Waals surface area contributed by atoms with Gasteiger partial charge in [0, 0.05) is 12.2 Å². The van der Waals surface area contributed by atoms with E-state index in [9.17, 15) is 14.4 Å². The first-order valence-electron chi connectivity index (χ1n) is 6.96. The van der Waals surface area contributed by atoms with Crippen molar-refractivity contribution in [1.29, 1.82) is 0 Å². The third kappa shape index (κ3) is 3.03. The Labute approximate surface area is 111 Å². The molecule has 0 aliphatic heterocycles. The van der Waals surface area contributed by atoms with E-state index in [-0.39, 0.29) is 17.4 Å². The van der Waals surface area contributed by atoms with E-state index in [0.717, 1.165) is 38.5 Å². The topological polar surface area (TPSA) is 71.9 Å². The quantitative estimate of drug-likeness (QED) is 0.831. The smallest absolute Gasteiger partial charge is 0.313 e. The molecule has 1 aliphatic carbocycles. The van der Waals surface area contributed by atoms with Crippen LogP contribution in [0.1, 0.15) is 68.3 Å². The maximum Gasteiger partial charge on any atom is 0.328 e. The van der Waals surface area contributed by atoms with E-state index in [1.807, 2.05) is 0 Å². The van der Waals surface area contributed by atoms with Gasteiger partial charge >= 0.3 is 5.69 Å². The molecule has 1 fully saturated rings. The lowest BCUT2D eigenvalue weighted by atomic mass is 9.96. The van der Waals surface area contributed by atoms with Crippen LogP contribution < -0.4 is 11.2 Å². The number of hydrogen-bond donors (Lipinski definition) is 1. The molecule has 0 aromatic carbocycles. The number of hydrogen-bond acceptors (Lipinski definition) is 3. The predicted molar refractivity (Wildman–Crippen MR) is 72.7 cm³/mol. The van der Waals surface area contributed by atoms with Crippen molar-refractivity contribution in [3.8, 4) is 0 Å². The molecule has 1 heterocycles. The Morgan fingerprint density at radius 3 is 2.32 bits per heavy atom. The van der Waals surface area contributed by atoms with Gasteiger partial charge in [-0.15, -0.1) is 0 Å². The van der Waals surface area contributed by atoms with Gasteiger partial charge in [0.05, 0.1) is 5.56 Å². The summed E-state index contributed by atoms with van der Waals surface area (Å²) in [5.74, 6) is -0.305. The van der Waals surface area contributed by atoms with Crippen molar-refractivity contribution in [3.05, 3.63) is 32.6 Å². The number of aromatic nitrogens is 2. The molecule has 19 heavy (non-hydrogen) atoms. The Kier molecular flexibility index (Phi) is 4.35. The summed E-state index contributed by atoms with van der Waals surface area (Å²) in [6, 6.07) is -0.0733. The highest BCUT2D eigenvalue weighted by Gasteiger charge is 2.19. The zero-order valence-corrected chi connectivity index (χ0v) is 11.3. The van der Waals surface area contributed by atoms with Crippen molar-refractivity contribution in [3.63, 3.8) is 0 Å². The molecule has 1 aromatic heterocycles. The van der Waals surface area contributed by atoms with Gasteiger partial charge in [0.1, 0.15) is 0 Å². The summed E-state index contributed by atoms with van der Waals surface area (Å²) < 4.78 is 1.25. The van der Waals surface area contributed by atoms with Gasteiger partial charge in [0.15, 0.2) is 5.78 Å². The van der Waals surface area contributed by atoms with Crippen molar-refractivity contribution in [2.45, 2.75) is 57.9 Å². The molecule has 0 unspecified atom stereocenters. The SMILES string of the molecule is CC(=O)c1c[nH]c(=O)n(C2CCCCCCC2)c1=O. The van der Waals surface area contributed by atoms with E-state index >= 15 is 0 Å². The molecule has 0 atom stereocenters. The van der Waals surface area contributed by atoms with Crippen LogP contribution in [0.15, 0.2) is 15.8 Å². The largest absolute Gasteiger partial charge is 0.328 e. The summed E-state index contributed by atoms with van der Waals surface area (Å²) >= 11 is 0. The van der Waals surface area contributed by atoms with Crippen LogP contribution in [0.5, 0.6) is 0 Å². The van der Waals surface area contributed by atoms with Gasteiger partial charge in [-0.1, -0.05) is 32.1 Å². The lowest BCUT2D eigenvalue weighted by molar-refractivity contribution is 0.101. The van der Waals surface area contributed by atoms with E-state index in [1.165, 1.54) is 24.1 Å². The fraction of sp³-hybridized carbons (Fsp3) is 0.643. The summed E-state index contributed by atoms with van der Waals surface area (Å²) in [5.41, 5.74) is -0.774. The van der Waals surface area contributed by atoms with Crippen LogP contribution in [0.3, 0.4) is 0 Å². The van der Waals surface area contributed by atoms with Gasteiger partial charge in [0.25, 0.3) is 5.56 Å². The first kappa shape index (κ1) is 13.8. The Morgan fingerprint density at radius 1 is 1.16 bits per heavy atom. The molecule has 1 aromatic rings. The molecule has 1 aliphatic rings. The predicted octanol–water partition coefficient (Wildman–Crippen LogP) is 2.02. The molecule has 0 spiro atoms. The summed E-state index contributed by atoms with van der Waals surface area (Å²) in [7, 11) is 0. The average Bonchev–Trinajstić information content (AvgIpc) is 2.30. The maximum atomic E-state index is 12.3. The number of rotatable bonds is 2. The molecular formula is C14H20N2O3. The number of ketones is 1. The van der Waals surface area contributed by atoms with Crippen molar-refractivity contribution in [2.24, 2.45) is 0 Å². The van der Waals surface area contributed by atoms with Crippen LogP contribution in [0, 0.1) is 0 Å². The van der Waals surface area contributed by atoms with Gasteiger partial charge in [0.2, 0.25) is 0 Å². The number of carbonyl (C=O) groups excluding carboxylic acids is 1. The first-order chi connectivity index (χ1) is 9.11. The number of nitrogens with one attached hydrogen (secondary N) is 1. The van der Waals surface area contributed by atoms with E-state index in [0.29, 0.717) is 0 Å². The summed E-state index contributed by atoms with van der Waals surface area (Å²) in [6.07, 6.45) is 8.49. The number of aromatic amines is 1. The summed E-state index contributed by atoms with van der Waals surface area (Å²) in [5, 5.41) is 0. The summed E-state index contributed by atoms with van der Waals surface area (Å²) in [4.78, 5) is 38.1. The molecule has 0 radical (unpaired) electrons. The number of carbonyl (C=O) groups is 1. The van der Waals surface area contributed by atoms with E-state index in [1.54, 1.807) is 0 Å². The van der Waals surface area contributed by atoms with Crippen molar-refractivity contribution >= 4 is 5.78 Å². The second-order valence-electron chi connectivity index (χ2n) is 5.24. The van der Waals surface area contributed by atoms with Crippen molar-refractivity contribution in [1.82, 2.24) is 9.55 Å². The third-order valence-corrected chi connectivity index (χ3v) is 3.83. The molecule has 0 saturated heterocycles. The number of nitrogens with zero attached hydrogens (tertiary/aromatic N) is 1. The van der Waals surface area contributed by atoms with Crippen molar-refractivity contribution < 1.29 is 4.79 Å². The van der Waals surface area contributed by atoms with E-state index in [4.69, 9.17) is 0 Å². The lowest BCUT2D eigenvalue weighted by Gasteiger charge is -2.21. The van der Waals surface area contributed by atoms with Crippen LogP contribution in [-0.2, 0) is 0 Å². The molecule has 5 nitrogen and oxygen atoms in total. The number of H-pyrrole nitrogens is 1. The molecule has 104 valence electrons. The fourth-order valence-electron chi connectivity index (χ4n) is 2.76. The molecule has 0 bridgehead atoms. The number of Topliss-reactive ketones (excluding diaryl/α,β-unsaturated/α-hetero) is 1. The van der Waals surface area contributed by atoms with Gasteiger partial charge in [-0.05, 0) is 19.8 Å². The van der Waals surface area contributed by atoms with Gasteiger partial charge in [-0.2, -0.15) is 0 Å². The van der Waals surface area contributed by atoms with E-state index in [2.05, 4.69) is 4.98 Å². The first-order valence-corrected chi connectivity index (χ1v) is 6.96. The Morgan fingerprint density at radius 2 is 1.74 bits per heavy atom. The van der Waals surface area contributed by atoms with Crippen molar-refractivity contribution in [2.75, 3.05) is 0 Å². The summed E-state index contributed by atoms with van der Waals surface area (Å²) in [6.45, 7) is 1.34.